The lowest BCUT2D eigenvalue weighted by atomic mass is 10.4. The number of carbonyl (C=O) groups excluding carboxylic acids is 2. The highest BCUT2D eigenvalue weighted by atomic mass is 32.2. The van der Waals surface area contributed by atoms with Gasteiger partial charge in [0.15, 0.2) is 0 Å². The molecule has 0 aliphatic heterocycles. The van der Waals surface area contributed by atoms with Gasteiger partial charge in [0, 0.05) is 18.7 Å². The van der Waals surface area contributed by atoms with Gasteiger partial charge in [-0.15, -0.1) is 0 Å². The first-order valence-corrected chi connectivity index (χ1v) is 6.23. The van der Waals surface area contributed by atoms with E-state index in [1.165, 1.54) is 0 Å². The van der Waals surface area contributed by atoms with E-state index in [0.717, 1.165) is 5.75 Å². The number of carbonyl (C=O) groups is 2. The van der Waals surface area contributed by atoms with Crippen molar-refractivity contribution in [3.63, 3.8) is 0 Å². The van der Waals surface area contributed by atoms with Gasteiger partial charge in [-0.25, -0.2) is 0 Å². The molecule has 2 amide bonds. The van der Waals surface area contributed by atoms with E-state index in [1.54, 1.807) is 11.8 Å². The molecule has 0 atom stereocenters. The van der Waals surface area contributed by atoms with Gasteiger partial charge in [-0.3, -0.25) is 9.59 Å². The zero-order valence-electron chi connectivity index (χ0n) is 9.21. The predicted molar refractivity (Wildman–Crippen MR) is 63.8 cm³/mol. The van der Waals surface area contributed by atoms with Gasteiger partial charge in [-0.2, -0.15) is 11.8 Å². The molecule has 0 radical (unpaired) electrons. The van der Waals surface area contributed by atoms with Crippen molar-refractivity contribution in [2.75, 3.05) is 25.1 Å². The molecule has 4 nitrogen and oxygen atoms in total. The Morgan fingerprint density at radius 3 is 2.60 bits per heavy atom. The van der Waals surface area contributed by atoms with Crippen LogP contribution in [0.5, 0.6) is 0 Å². The van der Waals surface area contributed by atoms with Crippen LogP contribution < -0.4 is 10.6 Å². The van der Waals surface area contributed by atoms with Gasteiger partial charge in [-0.1, -0.05) is 12.2 Å². The number of allylic oxidation sites excluding steroid dienone is 1. The maximum absolute atomic E-state index is 11.1. The lowest BCUT2D eigenvalue weighted by Gasteiger charge is -2.04. The molecule has 0 spiro atoms. The van der Waals surface area contributed by atoms with Crippen molar-refractivity contribution in [2.24, 2.45) is 0 Å². The molecule has 0 aromatic heterocycles. The quantitative estimate of drug-likeness (QED) is 0.628. The molecule has 0 saturated carbocycles. The highest BCUT2D eigenvalue weighted by molar-refractivity contribution is 7.98. The zero-order chi connectivity index (χ0) is 11.5. The van der Waals surface area contributed by atoms with Crippen LogP contribution in [0.25, 0.3) is 0 Å². The van der Waals surface area contributed by atoms with Crippen LogP contribution in [0.4, 0.5) is 0 Å². The minimum Gasteiger partial charge on any atom is -0.351 e. The van der Waals surface area contributed by atoms with Crippen LogP contribution in [0.15, 0.2) is 12.2 Å². The average molecular weight is 230 g/mol. The lowest BCUT2D eigenvalue weighted by molar-refractivity contribution is -0.125. The van der Waals surface area contributed by atoms with E-state index in [-0.39, 0.29) is 18.4 Å². The maximum Gasteiger partial charge on any atom is 0.239 e. The van der Waals surface area contributed by atoms with E-state index in [9.17, 15) is 9.59 Å². The van der Waals surface area contributed by atoms with E-state index in [1.807, 2.05) is 25.3 Å². The molecule has 2 N–H and O–H groups in total. The molecule has 0 heterocycles. The summed E-state index contributed by atoms with van der Waals surface area (Å²) in [6, 6.07) is 0. The monoisotopic (exact) mass is 230 g/mol. The van der Waals surface area contributed by atoms with E-state index in [0.29, 0.717) is 13.0 Å². The largest absolute Gasteiger partial charge is 0.351 e. The summed E-state index contributed by atoms with van der Waals surface area (Å²) in [6.45, 7) is 2.46. The molecular weight excluding hydrogens is 212 g/mol. The SMILES string of the molecule is C/C=C/CNC(=O)CNC(=O)CCSC. The van der Waals surface area contributed by atoms with Crippen LogP contribution in [-0.2, 0) is 9.59 Å². The summed E-state index contributed by atoms with van der Waals surface area (Å²) in [5.74, 6) is 0.544. The number of rotatable bonds is 7. The van der Waals surface area contributed by atoms with E-state index in [4.69, 9.17) is 0 Å². The Balaban J connectivity index is 3.48. The van der Waals surface area contributed by atoms with Crippen molar-refractivity contribution in [1.82, 2.24) is 10.6 Å². The molecule has 5 heteroatoms. The third kappa shape index (κ3) is 9.34. The molecule has 0 rings (SSSR count). The van der Waals surface area contributed by atoms with Crippen LogP contribution in [0.2, 0.25) is 0 Å². The van der Waals surface area contributed by atoms with Gasteiger partial charge in [0.25, 0.3) is 0 Å². The number of amides is 2. The smallest absolute Gasteiger partial charge is 0.239 e. The first-order chi connectivity index (χ1) is 7.20. The van der Waals surface area contributed by atoms with Crippen LogP contribution in [0.1, 0.15) is 13.3 Å². The molecule has 0 aromatic rings. The van der Waals surface area contributed by atoms with Crippen molar-refractivity contribution in [2.45, 2.75) is 13.3 Å². The molecule has 0 fully saturated rings. The number of thioether (sulfide) groups is 1. The molecule has 0 aromatic carbocycles. The Labute approximate surface area is 94.9 Å². The van der Waals surface area contributed by atoms with E-state index in [2.05, 4.69) is 10.6 Å². The fourth-order valence-corrected chi connectivity index (χ4v) is 1.20. The Hall–Kier alpha value is -0.970. The van der Waals surface area contributed by atoms with Crippen LogP contribution >= 0.6 is 11.8 Å². The molecule has 0 unspecified atom stereocenters. The minimum absolute atomic E-state index is 0.0603. The molecule has 0 bridgehead atoms. The van der Waals surface area contributed by atoms with Gasteiger partial charge >= 0.3 is 0 Å². The van der Waals surface area contributed by atoms with Crippen LogP contribution in [0, 0.1) is 0 Å². The summed E-state index contributed by atoms with van der Waals surface area (Å²) in [5.41, 5.74) is 0. The number of hydrogen-bond acceptors (Lipinski definition) is 3. The highest BCUT2D eigenvalue weighted by Crippen LogP contribution is 1.94. The van der Waals surface area contributed by atoms with Gasteiger partial charge in [0.1, 0.15) is 0 Å². The molecule has 86 valence electrons. The molecule has 0 saturated heterocycles. The molecule has 15 heavy (non-hydrogen) atoms. The Bertz CT molecular complexity index is 229. The standard InChI is InChI=1S/C10H18N2O2S/c1-3-4-6-11-10(14)8-12-9(13)5-7-15-2/h3-4H,5-8H2,1-2H3,(H,11,14)(H,12,13)/b4-3+. The summed E-state index contributed by atoms with van der Waals surface area (Å²) in [7, 11) is 0. The summed E-state index contributed by atoms with van der Waals surface area (Å²) in [6.07, 6.45) is 6.10. The van der Waals surface area contributed by atoms with E-state index >= 15 is 0 Å². The van der Waals surface area contributed by atoms with Gasteiger partial charge in [-0.05, 0) is 13.2 Å². The third-order valence-electron chi connectivity index (χ3n) is 1.63. The van der Waals surface area contributed by atoms with Crippen molar-refractivity contribution in [3.8, 4) is 0 Å². The second-order valence-electron chi connectivity index (χ2n) is 2.89. The lowest BCUT2D eigenvalue weighted by Crippen LogP contribution is -2.37. The maximum atomic E-state index is 11.1. The fourth-order valence-electron chi connectivity index (χ4n) is 0.815. The summed E-state index contributed by atoms with van der Waals surface area (Å²) in [5, 5.41) is 5.21. The predicted octanol–water partition coefficient (Wildman–Crippen LogP) is 0.548. The minimum atomic E-state index is -0.161. The van der Waals surface area contributed by atoms with Gasteiger partial charge < -0.3 is 10.6 Å². The molecule has 0 aliphatic rings. The number of nitrogens with one attached hydrogen (secondary N) is 2. The van der Waals surface area contributed by atoms with Crippen LogP contribution in [-0.4, -0.2) is 36.9 Å². The Morgan fingerprint density at radius 2 is 2.00 bits per heavy atom. The van der Waals surface area contributed by atoms with Crippen molar-refractivity contribution >= 4 is 23.6 Å². The first-order valence-electron chi connectivity index (χ1n) is 4.84. The van der Waals surface area contributed by atoms with Crippen molar-refractivity contribution in [3.05, 3.63) is 12.2 Å². The molecule has 0 aliphatic carbocycles. The highest BCUT2D eigenvalue weighted by Gasteiger charge is 2.03. The normalized spacial score (nSPS) is 10.3. The number of hydrogen-bond donors (Lipinski definition) is 2. The summed E-state index contributed by atoms with van der Waals surface area (Å²) in [4.78, 5) is 22.2. The van der Waals surface area contributed by atoms with Gasteiger partial charge in [0.2, 0.25) is 11.8 Å². The van der Waals surface area contributed by atoms with Crippen molar-refractivity contribution < 1.29 is 9.59 Å². The fraction of sp³-hybridized carbons (Fsp3) is 0.600. The van der Waals surface area contributed by atoms with Crippen LogP contribution in [0.3, 0.4) is 0 Å². The summed E-state index contributed by atoms with van der Waals surface area (Å²) >= 11 is 1.61. The average Bonchev–Trinajstić information content (AvgIpc) is 2.24. The zero-order valence-corrected chi connectivity index (χ0v) is 10.0. The van der Waals surface area contributed by atoms with Gasteiger partial charge in [0.05, 0.1) is 6.54 Å². The van der Waals surface area contributed by atoms with E-state index < -0.39 is 0 Å². The summed E-state index contributed by atoms with van der Waals surface area (Å²) < 4.78 is 0. The second kappa shape index (κ2) is 9.58. The third-order valence-corrected chi connectivity index (χ3v) is 2.24. The second-order valence-corrected chi connectivity index (χ2v) is 3.88. The first kappa shape index (κ1) is 14.0. The van der Waals surface area contributed by atoms with Crippen molar-refractivity contribution in [1.29, 1.82) is 0 Å². The topological polar surface area (TPSA) is 58.2 Å². The molecular formula is C10H18N2O2S. The Kier molecular flexibility index (Phi) is 8.96. The Morgan fingerprint density at radius 1 is 1.27 bits per heavy atom.